The molecule has 0 radical (unpaired) electrons. The summed E-state index contributed by atoms with van der Waals surface area (Å²) in [4.78, 5) is 32.5. The van der Waals surface area contributed by atoms with Gasteiger partial charge in [0.25, 0.3) is 5.91 Å². The third-order valence-corrected chi connectivity index (χ3v) is 2.54. The first-order valence-corrected chi connectivity index (χ1v) is 5.99. The van der Waals surface area contributed by atoms with E-state index in [1.807, 2.05) is 13.8 Å². The molecule has 0 aliphatic carbocycles. The quantitative estimate of drug-likeness (QED) is 0.856. The Hall–Kier alpha value is -1.69. The Morgan fingerprint density at radius 3 is 2.56 bits per heavy atom. The predicted molar refractivity (Wildman–Crippen MR) is 67.3 cm³/mol. The lowest BCUT2D eigenvalue weighted by Gasteiger charge is -2.18. The lowest BCUT2D eigenvalue weighted by molar-refractivity contribution is -0.129. The van der Waals surface area contributed by atoms with Crippen LogP contribution in [0.3, 0.4) is 0 Å². The molecular weight excluding hydrogens is 256 g/mol. The summed E-state index contributed by atoms with van der Waals surface area (Å²) in [6.07, 6.45) is 2.63. The summed E-state index contributed by atoms with van der Waals surface area (Å²) in [6, 6.07) is 0. The van der Waals surface area contributed by atoms with E-state index in [0.717, 1.165) is 0 Å². The van der Waals surface area contributed by atoms with Crippen LogP contribution in [0.4, 0.5) is 0 Å². The molecule has 0 saturated heterocycles. The van der Waals surface area contributed by atoms with Crippen molar-refractivity contribution in [3.8, 4) is 0 Å². The molecule has 0 atom stereocenters. The molecule has 0 fully saturated rings. The summed E-state index contributed by atoms with van der Waals surface area (Å²) < 4.78 is 0. The van der Waals surface area contributed by atoms with Crippen LogP contribution in [0.2, 0.25) is 5.15 Å². The van der Waals surface area contributed by atoms with Crippen molar-refractivity contribution < 1.29 is 9.59 Å². The predicted octanol–water partition coefficient (Wildman–Crippen LogP) is 0.728. The Kier molecular flexibility index (Phi) is 5.51. The Balaban J connectivity index is 2.54. The monoisotopic (exact) mass is 270 g/mol. The molecule has 0 saturated carbocycles. The number of hydrogen-bond donors (Lipinski definition) is 1. The van der Waals surface area contributed by atoms with E-state index in [1.54, 1.807) is 4.90 Å². The van der Waals surface area contributed by atoms with Crippen molar-refractivity contribution in [3.63, 3.8) is 0 Å². The van der Waals surface area contributed by atoms with Crippen LogP contribution in [0.5, 0.6) is 0 Å². The Labute approximate surface area is 110 Å². The zero-order chi connectivity index (χ0) is 13.5. The summed E-state index contributed by atoms with van der Waals surface area (Å²) in [5.41, 5.74) is 0.0925. The number of aromatic nitrogens is 2. The first kappa shape index (κ1) is 14.4. The molecule has 2 amide bonds. The topological polar surface area (TPSA) is 75.2 Å². The van der Waals surface area contributed by atoms with Crippen LogP contribution in [0, 0.1) is 0 Å². The Bertz CT molecular complexity index is 435. The maximum atomic E-state index is 11.7. The van der Waals surface area contributed by atoms with Crippen molar-refractivity contribution in [1.29, 1.82) is 0 Å². The number of nitrogens with zero attached hydrogens (tertiary/aromatic N) is 3. The van der Waals surface area contributed by atoms with Crippen LogP contribution >= 0.6 is 11.6 Å². The van der Waals surface area contributed by atoms with Gasteiger partial charge >= 0.3 is 0 Å². The molecule has 0 spiro atoms. The number of carbonyl (C=O) groups is 2. The molecule has 1 N–H and O–H groups in total. The van der Waals surface area contributed by atoms with Crippen molar-refractivity contribution in [2.45, 2.75) is 13.8 Å². The Morgan fingerprint density at radius 2 is 2.00 bits per heavy atom. The average Bonchev–Trinajstić information content (AvgIpc) is 2.37. The van der Waals surface area contributed by atoms with Gasteiger partial charge < -0.3 is 10.2 Å². The molecular formula is C11H15ClN4O2. The normalized spacial score (nSPS) is 9.94. The average molecular weight is 271 g/mol. The molecule has 6 nitrogen and oxygen atoms in total. The van der Waals surface area contributed by atoms with E-state index in [0.29, 0.717) is 13.1 Å². The van der Waals surface area contributed by atoms with Gasteiger partial charge in [0.15, 0.2) is 0 Å². The van der Waals surface area contributed by atoms with Crippen LogP contribution in [-0.4, -0.2) is 46.3 Å². The number of rotatable bonds is 5. The summed E-state index contributed by atoms with van der Waals surface area (Å²) >= 11 is 5.62. The summed E-state index contributed by atoms with van der Waals surface area (Å²) in [7, 11) is 0. The molecule has 0 aliphatic rings. The molecule has 0 unspecified atom stereocenters. The van der Waals surface area contributed by atoms with Gasteiger partial charge in [-0.2, -0.15) is 0 Å². The van der Waals surface area contributed by atoms with Crippen molar-refractivity contribution in [2.75, 3.05) is 19.6 Å². The fourth-order valence-corrected chi connectivity index (χ4v) is 1.53. The van der Waals surface area contributed by atoms with Gasteiger partial charge in [-0.1, -0.05) is 11.6 Å². The standard InChI is InChI=1S/C11H15ClN4O2/c1-3-16(4-2)10(17)7-14-11(18)8-5-13-6-9(12)15-8/h5-6H,3-4,7H2,1-2H3,(H,14,18). The van der Waals surface area contributed by atoms with E-state index in [-0.39, 0.29) is 23.3 Å². The number of hydrogen-bond acceptors (Lipinski definition) is 4. The molecule has 1 heterocycles. The molecule has 0 aliphatic heterocycles. The smallest absolute Gasteiger partial charge is 0.271 e. The molecule has 98 valence electrons. The molecule has 18 heavy (non-hydrogen) atoms. The minimum absolute atomic E-state index is 0.0608. The number of halogens is 1. The van der Waals surface area contributed by atoms with E-state index in [9.17, 15) is 9.59 Å². The molecule has 1 rings (SSSR count). The van der Waals surface area contributed by atoms with Gasteiger partial charge in [0, 0.05) is 13.1 Å². The number of nitrogens with one attached hydrogen (secondary N) is 1. The first-order chi connectivity index (χ1) is 8.58. The third-order valence-electron chi connectivity index (χ3n) is 2.35. The fraction of sp³-hybridized carbons (Fsp3) is 0.455. The van der Waals surface area contributed by atoms with Crippen LogP contribution in [0.25, 0.3) is 0 Å². The second-order valence-corrected chi connectivity index (χ2v) is 3.86. The lowest BCUT2D eigenvalue weighted by atomic mass is 10.4. The van der Waals surface area contributed by atoms with Crippen molar-refractivity contribution in [2.24, 2.45) is 0 Å². The summed E-state index contributed by atoms with van der Waals surface area (Å²) in [6.45, 7) is 4.93. The van der Waals surface area contributed by atoms with E-state index in [4.69, 9.17) is 11.6 Å². The van der Waals surface area contributed by atoms with E-state index in [2.05, 4.69) is 15.3 Å². The molecule has 0 bridgehead atoms. The fourth-order valence-electron chi connectivity index (χ4n) is 1.39. The first-order valence-electron chi connectivity index (χ1n) is 5.62. The lowest BCUT2D eigenvalue weighted by Crippen LogP contribution is -2.40. The minimum atomic E-state index is -0.467. The highest BCUT2D eigenvalue weighted by Gasteiger charge is 2.13. The second-order valence-electron chi connectivity index (χ2n) is 3.48. The van der Waals surface area contributed by atoms with E-state index >= 15 is 0 Å². The van der Waals surface area contributed by atoms with Gasteiger partial charge in [0.2, 0.25) is 5.91 Å². The Morgan fingerprint density at radius 1 is 1.33 bits per heavy atom. The number of amides is 2. The van der Waals surface area contributed by atoms with Gasteiger partial charge in [-0.3, -0.25) is 14.6 Å². The largest absolute Gasteiger partial charge is 0.342 e. The van der Waals surface area contributed by atoms with Crippen LogP contribution < -0.4 is 5.32 Å². The van der Waals surface area contributed by atoms with Gasteiger partial charge in [-0.05, 0) is 13.8 Å². The van der Waals surface area contributed by atoms with Crippen LogP contribution in [-0.2, 0) is 4.79 Å². The van der Waals surface area contributed by atoms with Crippen molar-refractivity contribution in [3.05, 3.63) is 23.2 Å². The van der Waals surface area contributed by atoms with E-state index < -0.39 is 5.91 Å². The molecule has 1 aromatic heterocycles. The zero-order valence-corrected chi connectivity index (χ0v) is 11.1. The van der Waals surface area contributed by atoms with E-state index in [1.165, 1.54) is 12.4 Å². The highest BCUT2D eigenvalue weighted by Crippen LogP contribution is 2.02. The van der Waals surface area contributed by atoms with Gasteiger partial charge in [0.1, 0.15) is 10.8 Å². The summed E-state index contributed by atoms with van der Waals surface area (Å²) in [5, 5.41) is 2.62. The second kappa shape index (κ2) is 6.90. The number of likely N-dealkylation sites (N-methyl/N-ethyl adjacent to an activating group) is 1. The van der Waals surface area contributed by atoms with Crippen molar-refractivity contribution >= 4 is 23.4 Å². The summed E-state index contributed by atoms with van der Waals surface area (Å²) in [5.74, 6) is -0.603. The van der Waals surface area contributed by atoms with Gasteiger partial charge in [-0.25, -0.2) is 4.98 Å². The highest BCUT2D eigenvalue weighted by molar-refractivity contribution is 6.29. The minimum Gasteiger partial charge on any atom is -0.342 e. The highest BCUT2D eigenvalue weighted by atomic mass is 35.5. The van der Waals surface area contributed by atoms with Crippen LogP contribution in [0.1, 0.15) is 24.3 Å². The van der Waals surface area contributed by atoms with Crippen molar-refractivity contribution in [1.82, 2.24) is 20.2 Å². The molecule has 7 heteroatoms. The van der Waals surface area contributed by atoms with Gasteiger partial charge in [-0.15, -0.1) is 0 Å². The van der Waals surface area contributed by atoms with Gasteiger partial charge in [0.05, 0.1) is 18.9 Å². The maximum Gasteiger partial charge on any atom is 0.271 e. The third kappa shape index (κ3) is 3.96. The zero-order valence-electron chi connectivity index (χ0n) is 10.3. The molecule has 0 aromatic carbocycles. The van der Waals surface area contributed by atoms with Crippen LogP contribution in [0.15, 0.2) is 12.4 Å². The number of carbonyl (C=O) groups excluding carboxylic acids is 2. The molecule has 1 aromatic rings. The maximum absolute atomic E-state index is 11.7. The SMILES string of the molecule is CCN(CC)C(=O)CNC(=O)c1cncc(Cl)n1.